The molecule has 2 aromatic rings. The van der Waals surface area contributed by atoms with Gasteiger partial charge < -0.3 is 14.2 Å². The van der Waals surface area contributed by atoms with E-state index in [0.717, 1.165) is 5.56 Å². The van der Waals surface area contributed by atoms with E-state index in [4.69, 9.17) is 25.8 Å². The monoisotopic (exact) mass is 379 g/mol. The number of rotatable bonds is 6. The maximum Gasteiger partial charge on any atom is 0.303 e. The zero-order chi connectivity index (χ0) is 18.6. The van der Waals surface area contributed by atoms with Gasteiger partial charge in [0.15, 0.2) is 0 Å². The lowest BCUT2D eigenvalue weighted by atomic mass is 9.79. The second-order valence-corrected chi connectivity index (χ2v) is 7.21. The number of esters is 1. The topological polar surface area (TPSA) is 75.5 Å². The molecule has 0 bridgehead atoms. The van der Waals surface area contributed by atoms with Crippen LogP contribution in [0.15, 0.2) is 36.9 Å². The Labute approximate surface area is 157 Å². The van der Waals surface area contributed by atoms with Crippen LogP contribution in [0, 0.1) is 5.41 Å². The Kier molecular flexibility index (Phi) is 5.90. The Morgan fingerprint density at radius 2 is 2.04 bits per heavy atom. The van der Waals surface area contributed by atoms with E-state index in [-0.39, 0.29) is 18.8 Å². The first-order valence-electron chi connectivity index (χ1n) is 8.39. The number of aromatic nitrogens is 3. The fourth-order valence-corrected chi connectivity index (χ4v) is 3.39. The predicted molar refractivity (Wildman–Crippen MR) is 94.6 cm³/mol. The molecule has 1 aliphatic heterocycles. The Bertz CT molecular complexity index is 715. The molecule has 2 heterocycles. The summed E-state index contributed by atoms with van der Waals surface area (Å²) in [5.74, 6) is -0.358. The molecule has 2 atom stereocenters. The van der Waals surface area contributed by atoms with E-state index in [1.807, 2.05) is 31.2 Å². The maximum absolute atomic E-state index is 11.8. The van der Waals surface area contributed by atoms with Gasteiger partial charge in [0.05, 0.1) is 24.7 Å². The third-order valence-electron chi connectivity index (χ3n) is 4.49. The smallest absolute Gasteiger partial charge is 0.303 e. The molecule has 2 unspecified atom stereocenters. The van der Waals surface area contributed by atoms with Gasteiger partial charge in [0.25, 0.3) is 0 Å². The van der Waals surface area contributed by atoms with E-state index < -0.39 is 11.5 Å². The van der Waals surface area contributed by atoms with Gasteiger partial charge in [-0.15, -0.1) is 0 Å². The number of hydrogen-bond donors (Lipinski definition) is 0. The molecular formula is C18H22ClN3O4. The highest BCUT2D eigenvalue weighted by Gasteiger charge is 2.45. The highest BCUT2D eigenvalue weighted by molar-refractivity contribution is 6.30. The quantitative estimate of drug-likeness (QED) is 0.718. The van der Waals surface area contributed by atoms with Gasteiger partial charge in [0.2, 0.25) is 0 Å². The minimum absolute atomic E-state index is 0.244. The van der Waals surface area contributed by atoms with Crippen molar-refractivity contribution in [3.8, 4) is 0 Å². The van der Waals surface area contributed by atoms with Crippen molar-refractivity contribution < 1.29 is 19.0 Å². The summed E-state index contributed by atoms with van der Waals surface area (Å²) in [4.78, 5) is 15.9. The van der Waals surface area contributed by atoms with Crippen molar-refractivity contribution in [2.45, 2.75) is 32.4 Å². The molecular weight excluding hydrogens is 358 g/mol. The van der Waals surface area contributed by atoms with Gasteiger partial charge in [-0.25, -0.2) is 9.67 Å². The normalized spacial score (nSPS) is 18.9. The number of ether oxygens (including phenoxy) is 3. The van der Waals surface area contributed by atoms with E-state index in [1.54, 1.807) is 11.0 Å². The van der Waals surface area contributed by atoms with Crippen LogP contribution >= 0.6 is 11.6 Å². The molecule has 140 valence electrons. The highest BCUT2D eigenvalue weighted by Crippen LogP contribution is 2.36. The summed E-state index contributed by atoms with van der Waals surface area (Å²) in [6.07, 6.45) is 3.19. The summed E-state index contributed by atoms with van der Waals surface area (Å²) in [6.45, 7) is 4.49. The third kappa shape index (κ3) is 4.41. The van der Waals surface area contributed by atoms with Gasteiger partial charge in [-0.2, -0.15) is 5.10 Å². The average molecular weight is 380 g/mol. The van der Waals surface area contributed by atoms with Crippen LogP contribution in [0.1, 0.15) is 25.5 Å². The van der Waals surface area contributed by atoms with Crippen molar-refractivity contribution in [2.75, 3.05) is 20.0 Å². The SMILES string of the molecule is CC(=O)OC(C(Cc1ccc(Cl)cc1)n1cncn1)C1(C)COCOC1. The van der Waals surface area contributed by atoms with E-state index >= 15 is 0 Å². The summed E-state index contributed by atoms with van der Waals surface area (Å²) >= 11 is 5.99. The summed E-state index contributed by atoms with van der Waals surface area (Å²) in [5, 5.41) is 4.96. The van der Waals surface area contributed by atoms with Gasteiger partial charge in [-0.1, -0.05) is 30.7 Å². The fraction of sp³-hybridized carbons (Fsp3) is 0.500. The average Bonchev–Trinajstić information content (AvgIpc) is 3.14. The van der Waals surface area contributed by atoms with Crippen LogP contribution in [-0.4, -0.2) is 46.8 Å². The summed E-state index contributed by atoms with van der Waals surface area (Å²) in [5.41, 5.74) is 0.542. The molecule has 0 spiro atoms. The van der Waals surface area contributed by atoms with Crippen LogP contribution in [0.4, 0.5) is 0 Å². The molecule has 0 N–H and O–H groups in total. The standard InChI is InChI=1S/C18H22ClN3O4/c1-13(23)26-17(18(2)8-24-12-25-9-18)16(22-11-20-10-21-22)7-14-3-5-15(19)6-4-14/h3-6,10-11,16-17H,7-9,12H2,1-2H3. The molecule has 3 rings (SSSR count). The second kappa shape index (κ2) is 8.16. The summed E-state index contributed by atoms with van der Waals surface area (Å²) in [6, 6.07) is 7.31. The molecule has 0 radical (unpaired) electrons. The highest BCUT2D eigenvalue weighted by atomic mass is 35.5. The Morgan fingerprint density at radius 1 is 1.35 bits per heavy atom. The van der Waals surface area contributed by atoms with Gasteiger partial charge in [0, 0.05) is 11.9 Å². The minimum atomic E-state index is -0.507. The molecule has 0 aliphatic carbocycles. The van der Waals surface area contributed by atoms with Crippen molar-refractivity contribution in [1.82, 2.24) is 14.8 Å². The molecule has 26 heavy (non-hydrogen) atoms. The third-order valence-corrected chi connectivity index (χ3v) is 4.75. The zero-order valence-corrected chi connectivity index (χ0v) is 15.6. The predicted octanol–water partition coefficient (Wildman–Crippen LogP) is 2.66. The van der Waals surface area contributed by atoms with Gasteiger partial charge in [-0.05, 0) is 24.1 Å². The van der Waals surface area contributed by atoms with Crippen LogP contribution in [0.25, 0.3) is 0 Å². The van der Waals surface area contributed by atoms with Crippen molar-refractivity contribution >= 4 is 17.6 Å². The molecule has 0 amide bonds. The molecule has 0 saturated carbocycles. The lowest BCUT2D eigenvalue weighted by molar-refractivity contribution is -0.208. The molecule has 1 aliphatic rings. The first kappa shape index (κ1) is 18.8. The Hall–Kier alpha value is -1.96. The van der Waals surface area contributed by atoms with Crippen molar-refractivity contribution in [2.24, 2.45) is 5.41 Å². The first-order chi connectivity index (χ1) is 12.5. The van der Waals surface area contributed by atoms with Gasteiger partial charge in [-0.3, -0.25) is 4.79 Å². The summed E-state index contributed by atoms with van der Waals surface area (Å²) in [7, 11) is 0. The zero-order valence-electron chi connectivity index (χ0n) is 14.8. The molecule has 1 fully saturated rings. The van der Waals surface area contributed by atoms with Crippen molar-refractivity contribution in [3.05, 3.63) is 47.5 Å². The van der Waals surface area contributed by atoms with Crippen LogP contribution in [-0.2, 0) is 25.4 Å². The van der Waals surface area contributed by atoms with Crippen LogP contribution < -0.4 is 0 Å². The van der Waals surface area contributed by atoms with E-state index in [9.17, 15) is 4.79 Å². The number of carbonyl (C=O) groups is 1. The van der Waals surface area contributed by atoms with Crippen LogP contribution in [0.2, 0.25) is 5.02 Å². The minimum Gasteiger partial charge on any atom is -0.459 e. The lowest BCUT2D eigenvalue weighted by Crippen LogP contribution is -2.50. The number of nitrogens with zero attached hydrogens (tertiary/aromatic N) is 3. The van der Waals surface area contributed by atoms with Crippen LogP contribution in [0.3, 0.4) is 0 Å². The molecule has 8 heteroatoms. The van der Waals surface area contributed by atoms with Gasteiger partial charge >= 0.3 is 5.97 Å². The van der Waals surface area contributed by atoms with E-state index in [0.29, 0.717) is 24.7 Å². The molecule has 7 nitrogen and oxygen atoms in total. The number of carbonyl (C=O) groups excluding carboxylic acids is 1. The number of halogens is 1. The number of hydrogen-bond acceptors (Lipinski definition) is 6. The molecule has 1 aromatic heterocycles. The summed E-state index contributed by atoms with van der Waals surface area (Å²) < 4.78 is 18.5. The van der Waals surface area contributed by atoms with Crippen molar-refractivity contribution in [3.63, 3.8) is 0 Å². The Morgan fingerprint density at radius 3 is 2.62 bits per heavy atom. The van der Waals surface area contributed by atoms with Gasteiger partial charge in [0.1, 0.15) is 25.6 Å². The largest absolute Gasteiger partial charge is 0.459 e. The van der Waals surface area contributed by atoms with Crippen molar-refractivity contribution in [1.29, 1.82) is 0 Å². The van der Waals surface area contributed by atoms with E-state index in [2.05, 4.69) is 10.1 Å². The van der Waals surface area contributed by atoms with Crippen LogP contribution in [0.5, 0.6) is 0 Å². The number of benzene rings is 1. The maximum atomic E-state index is 11.8. The van der Waals surface area contributed by atoms with E-state index in [1.165, 1.54) is 13.3 Å². The Balaban J connectivity index is 1.95. The molecule has 1 saturated heterocycles. The fourth-order valence-electron chi connectivity index (χ4n) is 3.27. The second-order valence-electron chi connectivity index (χ2n) is 6.77. The lowest BCUT2D eigenvalue weighted by Gasteiger charge is -2.42. The first-order valence-corrected chi connectivity index (χ1v) is 8.77. The molecule has 1 aromatic carbocycles.